The van der Waals surface area contributed by atoms with E-state index in [0.717, 1.165) is 64.7 Å². The van der Waals surface area contributed by atoms with Crippen molar-refractivity contribution in [3.63, 3.8) is 0 Å². The Morgan fingerprint density at radius 2 is 1.07 bits per heavy atom. The summed E-state index contributed by atoms with van der Waals surface area (Å²) < 4.78 is 69.7. The van der Waals surface area contributed by atoms with Gasteiger partial charge in [0.05, 0.1) is 26.4 Å². The van der Waals surface area contributed by atoms with Gasteiger partial charge in [-0.2, -0.15) is 0 Å². The van der Waals surface area contributed by atoms with Crippen molar-refractivity contribution in [1.29, 1.82) is 0 Å². The Hall–Kier alpha value is -3.40. The zero-order chi connectivity index (χ0) is 42.2. The van der Waals surface area contributed by atoms with E-state index >= 15 is 0 Å². The van der Waals surface area contributed by atoms with Gasteiger partial charge in [-0.25, -0.2) is 0 Å². The fraction of sp³-hybridized carbons (Fsp3) is 0.545. The standard InChI is InChI=1S/C44H56O16/c1-5-49-17-31(45)53-21-57-41-27-13-9-25-11-15-29-39-35(25)37(27)38-28(42(41)58-22-54-32(46)18-50-6-2)14-10-26-12-16-30(40(39)36(26)38)44(60-24-56-34(48)20-52-8-4)43(29)59-23-55-33(47)19-51-7-3/h9-15,31-34,41,43-48H,5-8,16-24H2,1-4H3. The highest BCUT2D eigenvalue weighted by Gasteiger charge is 2.39. The molecule has 4 aromatic carbocycles. The van der Waals surface area contributed by atoms with Gasteiger partial charge in [-0.3, -0.25) is 0 Å². The van der Waals surface area contributed by atoms with E-state index in [1.807, 2.05) is 64.1 Å². The van der Waals surface area contributed by atoms with Crippen molar-refractivity contribution in [2.75, 3.05) is 80.0 Å². The van der Waals surface area contributed by atoms with Gasteiger partial charge >= 0.3 is 0 Å². The van der Waals surface area contributed by atoms with Gasteiger partial charge in [0, 0.05) is 37.0 Å². The highest BCUT2D eigenvalue weighted by atomic mass is 16.8. The summed E-state index contributed by atoms with van der Waals surface area (Å²) in [5, 5.41) is 50.3. The van der Waals surface area contributed by atoms with Gasteiger partial charge < -0.3 is 77.3 Å². The first-order chi connectivity index (χ1) is 29.3. The highest BCUT2D eigenvalue weighted by molar-refractivity contribution is 6.25. The van der Waals surface area contributed by atoms with Crippen LogP contribution in [0, 0.1) is 0 Å². The average Bonchev–Trinajstić information content (AvgIpc) is 3.26. The Kier molecular flexibility index (Phi) is 15.7. The zero-order valence-corrected chi connectivity index (χ0v) is 34.5. The molecule has 3 aliphatic carbocycles. The minimum atomic E-state index is -1.22. The van der Waals surface area contributed by atoms with Crippen LogP contribution < -0.4 is 15.7 Å². The lowest BCUT2D eigenvalue weighted by atomic mass is 9.75. The molecule has 4 N–H and O–H groups in total. The molecule has 7 atom stereocenters. The van der Waals surface area contributed by atoms with Crippen molar-refractivity contribution in [3.05, 3.63) is 63.2 Å². The molecule has 0 amide bonds. The van der Waals surface area contributed by atoms with E-state index in [2.05, 4.69) is 6.08 Å². The van der Waals surface area contributed by atoms with Crippen LogP contribution in [0.15, 0.2) is 36.4 Å². The summed E-state index contributed by atoms with van der Waals surface area (Å²) in [6.45, 7) is 7.78. The lowest BCUT2D eigenvalue weighted by Crippen LogP contribution is -2.40. The fourth-order valence-corrected chi connectivity index (χ4v) is 8.12. The number of benzene rings is 4. The molecule has 0 radical (unpaired) electrons. The van der Waals surface area contributed by atoms with Crippen molar-refractivity contribution < 1.29 is 77.3 Å². The molecule has 4 aromatic rings. The van der Waals surface area contributed by atoms with Crippen LogP contribution >= 0.6 is 0 Å². The molecular formula is C44H56O16. The topological polar surface area (TPSA) is 192 Å². The van der Waals surface area contributed by atoms with Crippen LogP contribution in [0.2, 0.25) is 0 Å². The monoisotopic (exact) mass is 840 g/mol. The van der Waals surface area contributed by atoms with E-state index in [4.69, 9.17) is 56.8 Å². The minimum absolute atomic E-state index is 0.0146. The SMILES string of the molecule is CCOCC(O)OCOC1=c2ccc3c4c5c6c(ccc7ccc(c(c24)c76)C1OCOC(O)COCC)C(OCOC(O)COCC)C(OCOC(O)COCC)C=5CC=3. The number of aliphatic hydroxyl groups is 4. The second-order valence-electron chi connectivity index (χ2n) is 14.2. The molecule has 0 aromatic heterocycles. The van der Waals surface area contributed by atoms with Crippen LogP contribution in [0.5, 0.6) is 0 Å². The highest BCUT2D eigenvalue weighted by Crippen LogP contribution is 2.46. The molecule has 0 fully saturated rings. The van der Waals surface area contributed by atoms with E-state index in [-0.39, 0.29) is 53.6 Å². The van der Waals surface area contributed by atoms with Crippen molar-refractivity contribution in [3.8, 4) is 0 Å². The number of rotatable bonds is 28. The van der Waals surface area contributed by atoms with Crippen molar-refractivity contribution >= 4 is 49.7 Å². The molecule has 7 rings (SSSR count). The van der Waals surface area contributed by atoms with Crippen LogP contribution in [-0.2, 0) is 56.8 Å². The van der Waals surface area contributed by atoms with Gasteiger partial charge in [0.1, 0.15) is 24.1 Å². The van der Waals surface area contributed by atoms with Crippen LogP contribution in [-0.4, -0.2) is 132 Å². The number of hydrogen-bond donors (Lipinski definition) is 4. The second kappa shape index (κ2) is 21.1. The van der Waals surface area contributed by atoms with E-state index in [1.54, 1.807) is 0 Å². The molecule has 0 bridgehead atoms. The van der Waals surface area contributed by atoms with Crippen molar-refractivity contribution in [1.82, 2.24) is 0 Å². The fourth-order valence-electron chi connectivity index (χ4n) is 8.12. The van der Waals surface area contributed by atoms with Gasteiger partial charge in [0.15, 0.2) is 52.3 Å². The Balaban J connectivity index is 1.38. The molecular weight excluding hydrogens is 784 g/mol. The quantitative estimate of drug-likeness (QED) is 0.0369. The number of aliphatic hydroxyl groups excluding tert-OH is 4. The molecule has 0 aliphatic heterocycles. The summed E-state index contributed by atoms with van der Waals surface area (Å²) >= 11 is 0. The maximum atomic E-state index is 10.4. The number of hydrogen-bond acceptors (Lipinski definition) is 16. The summed E-state index contributed by atoms with van der Waals surface area (Å²) in [6, 6.07) is 12.1. The predicted octanol–water partition coefficient (Wildman–Crippen LogP) is 2.17. The van der Waals surface area contributed by atoms with Crippen LogP contribution in [0.1, 0.15) is 57.5 Å². The molecule has 0 saturated carbocycles. The smallest absolute Gasteiger partial charge is 0.191 e. The maximum Gasteiger partial charge on any atom is 0.191 e. The first kappa shape index (κ1) is 44.6. The summed E-state index contributed by atoms with van der Waals surface area (Å²) in [5.74, 6) is 0.433. The third kappa shape index (κ3) is 9.49. The summed E-state index contributed by atoms with van der Waals surface area (Å²) in [7, 11) is 0. The first-order valence-electron chi connectivity index (χ1n) is 20.5. The summed E-state index contributed by atoms with van der Waals surface area (Å²) in [5.41, 5.74) is 2.57. The molecule has 16 heteroatoms. The lowest BCUT2D eigenvalue weighted by molar-refractivity contribution is -0.231. The van der Waals surface area contributed by atoms with Gasteiger partial charge in [-0.15, -0.1) is 0 Å². The molecule has 0 heterocycles. The Bertz CT molecular complexity index is 2250. The van der Waals surface area contributed by atoms with E-state index in [0.29, 0.717) is 38.6 Å². The third-order valence-electron chi connectivity index (χ3n) is 10.7. The normalized spacial score (nSPS) is 20.1. The molecule has 60 heavy (non-hydrogen) atoms. The van der Waals surface area contributed by atoms with E-state index in [9.17, 15) is 20.4 Å². The van der Waals surface area contributed by atoms with Crippen LogP contribution in [0.25, 0.3) is 49.7 Å². The Morgan fingerprint density at radius 3 is 1.65 bits per heavy atom. The van der Waals surface area contributed by atoms with E-state index in [1.165, 1.54) is 0 Å². The van der Waals surface area contributed by atoms with Gasteiger partial charge in [0.2, 0.25) is 0 Å². The van der Waals surface area contributed by atoms with Crippen molar-refractivity contribution in [2.45, 2.75) is 77.6 Å². The molecule has 7 unspecified atom stereocenters. The average molecular weight is 841 g/mol. The molecule has 16 nitrogen and oxygen atoms in total. The molecule has 328 valence electrons. The maximum absolute atomic E-state index is 10.4. The van der Waals surface area contributed by atoms with Gasteiger partial charge in [0.25, 0.3) is 0 Å². The summed E-state index contributed by atoms with van der Waals surface area (Å²) in [4.78, 5) is 0. The molecule has 3 aliphatic rings. The second-order valence-corrected chi connectivity index (χ2v) is 14.2. The Labute approximate surface area is 347 Å². The predicted molar refractivity (Wildman–Crippen MR) is 217 cm³/mol. The van der Waals surface area contributed by atoms with Crippen LogP contribution in [0.3, 0.4) is 0 Å². The first-order valence-corrected chi connectivity index (χ1v) is 20.5. The van der Waals surface area contributed by atoms with Crippen molar-refractivity contribution in [2.24, 2.45) is 0 Å². The largest absolute Gasteiger partial charge is 0.468 e. The lowest BCUT2D eigenvalue weighted by Gasteiger charge is -2.37. The minimum Gasteiger partial charge on any atom is -0.468 e. The third-order valence-corrected chi connectivity index (χ3v) is 10.7. The van der Waals surface area contributed by atoms with E-state index < -0.39 is 43.5 Å². The Morgan fingerprint density at radius 1 is 0.533 bits per heavy atom. The number of ether oxygens (including phenoxy) is 12. The van der Waals surface area contributed by atoms with Gasteiger partial charge in [-0.1, -0.05) is 42.5 Å². The zero-order valence-electron chi connectivity index (χ0n) is 34.5. The molecule has 0 saturated heterocycles. The molecule has 0 spiro atoms. The van der Waals surface area contributed by atoms with Crippen LogP contribution in [0.4, 0.5) is 0 Å². The summed E-state index contributed by atoms with van der Waals surface area (Å²) in [6.07, 6.45) is -4.39. The van der Waals surface area contributed by atoms with Gasteiger partial charge in [-0.05, 0) is 88.2 Å².